The molecule has 3 rings (SSSR count). The Morgan fingerprint density at radius 1 is 1.26 bits per heavy atom. The number of nitrogens with zero attached hydrogens (tertiary/aromatic N) is 3. The molecular weight excluding hydrogens is 294 g/mol. The van der Waals surface area contributed by atoms with Crippen LogP contribution in [0.3, 0.4) is 0 Å². The smallest absolute Gasteiger partial charge is 0.271 e. The summed E-state index contributed by atoms with van der Waals surface area (Å²) in [6, 6.07) is 3.70. The molecule has 2 aromatic rings. The van der Waals surface area contributed by atoms with Gasteiger partial charge in [0.2, 0.25) is 0 Å². The van der Waals surface area contributed by atoms with Crippen LogP contribution in [0.25, 0.3) is 0 Å². The van der Waals surface area contributed by atoms with Gasteiger partial charge < -0.3 is 15.4 Å². The van der Waals surface area contributed by atoms with Gasteiger partial charge in [0.1, 0.15) is 11.5 Å². The van der Waals surface area contributed by atoms with Crippen LogP contribution in [-0.2, 0) is 11.3 Å². The second-order valence-corrected chi connectivity index (χ2v) is 5.34. The predicted molar refractivity (Wildman–Crippen MR) is 84.9 cm³/mol. The molecular formula is C16H19N5O2. The topological polar surface area (TPSA) is 89.0 Å². The number of pyridine rings is 1. The molecule has 0 aliphatic carbocycles. The second-order valence-electron chi connectivity index (χ2n) is 5.34. The minimum Gasteiger partial charge on any atom is -0.376 e. The average molecular weight is 313 g/mol. The molecule has 1 aliphatic heterocycles. The van der Waals surface area contributed by atoms with Crippen LogP contribution in [0.4, 0.5) is 5.82 Å². The fraction of sp³-hybridized carbons (Fsp3) is 0.375. The molecule has 1 unspecified atom stereocenters. The molecule has 2 N–H and O–H groups in total. The zero-order valence-corrected chi connectivity index (χ0v) is 12.7. The van der Waals surface area contributed by atoms with E-state index in [2.05, 4.69) is 25.6 Å². The highest BCUT2D eigenvalue weighted by Crippen LogP contribution is 2.12. The van der Waals surface area contributed by atoms with Crippen molar-refractivity contribution in [2.75, 3.05) is 18.5 Å². The molecule has 1 amide bonds. The van der Waals surface area contributed by atoms with Crippen molar-refractivity contribution in [3.63, 3.8) is 0 Å². The van der Waals surface area contributed by atoms with Crippen LogP contribution in [0.2, 0.25) is 0 Å². The van der Waals surface area contributed by atoms with Gasteiger partial charge in [-0.3, -0.25) is 9.78 Å². The Balaban J connectivity index is 1.48. The molecule has 1 saturated heterocycles. The molecule has 23 heavy (non-hydrogen) atoms. The minimum absolute atomic E-state index is 0.236. The lowest BCUT2D eigenvalue weighted by molar-refractivity contribution is 0.0945. The summed E-state index contributed by atoms with van der Waals surface area (Å²) in [4.78, 5) is 24.3. The number of hydrogen-bond acceptors (Lipinski definition) is 6. The molecule has 1 aliphatic rings. The monoisotopic (exact) mass is 313 g/mol. The lowest BCUT2D eigenvalue weighted by Crippen LogP contribution is -2.24. The molecule has 7 nitrogen and oxygen atoms in total. The van der Waals surface area contributed by atoms with Gasteiger partial charge in [-0.1, -0.05) is 0 Å². The minimum atomic E-state index is -0.250. The molecule has 0 aromatic carbocycles. The number of nitrogens with one attached hydrogen (secondary N) is 2. The Morgan fingerprint density at radius 2 is 2.13 bits per heavy atom. The van der Waals surface area contributed by atoms with Gasteiger partial charge in [-0.25, -0.2) is 9.97 Å². The first-order valence-electron chi connectivity index (χ1n) is 7.66. The standard InChI is InChI=1S/C16H19N5O2/c22-16(21-8-12-3-5-17-6-4-12)14-10-20-15(11-18-14)19-9-13-2-1-7-23-13/h3-6,10-11,13H,1-2,7-9H2,(H,19,20)(H,21,22). The average Bonchev–Trinajstić information content (AvgIpc) is 3.13. The normalized spacial score (nSPS) is 17.0. The molecule has 2 aromatic heterocycles. The molecule has 0 bridgehead atoms. The number of amides is 1. The van der Waals surface area contributed by atoms with Crippen molar-refractivity contribution in [1.82, 2.24) is 20.3 Å². The van der Waals surface area contributed by atoms with Gasteiger partial charge in [0.25, 0.3) is 5.91 Å². The number of carbonyl (C=O) groups excluding carboxylic acids is 1. The number of carbonyl (C=O) groups is 1. The van der Waals surface area contributed by atoms with Crippen molar-refractivity contribution in [3.05, 3.63) is 48.2 Å². The number of hydrogen-bond donors (Lipinski definition) is 2. The fourth-order valence-electron chi connectivity index (χ4n) is 2.33. The third-order valence-electron chi connectivity index (χ3n) is 3.62. The SMILES string of the molecule is O=C(NCc1ccncc1)c1cnc(NCC2CCCO2)cn1. The fourth-order valence-corrected chi connectivity index (χ4v) is 2.33. The zero-order valence-electron chi connectivity index (χ0n) is 12.7. The Bertz CT molecular complexity index is 627. The summed E-state index contributed by atoms with van der Waals surface area (Å²) in [5, 5.41) is 5.98. The Labute approximate surface area is 134 Å². The Morgan fingerprint density at radius 3 is 2.83 bits per heavy atom. The van der Waals surface area contributed by atoms with Gasteiger partial charge in [-0.15, -0.1) is 0 Å². The van der Waals surface area contributed by atoms with Gasteiger partial charge in [0.05, 0.1) is 18.5 Å². The van der Waals surface area contributed by atoms with Gasteiger partial charge in [0, 0.05) is 32.1 Å². The zero-order chi connectivity index (χ0) is 15.9. The Hall–Kier alpha value is -2.54. The highest BCUT2D eigenvalue weighted by Gasteiger charge is 2.15. The second kappa shape index (κ2) is 7.64. The molecule has 120 valence electrons. The predicted octanol–water partition coefficient (Wildman–Crippen LogP) is 1.39. The van der Waals surface area contributed by atoms with Crippen molar-refractivity contribution in [2.45, 2.75) is 25.5 Å². The summed E-state index contributed by atoms with van der Waals surface area (Å²) in [6.07, 6.45) is 8.83. The highest BCUT2D eigenvalue weighted by atomic mass is 16.5. The number of rotatable bonds is 6. The van der Waals surface area contributed by atoms with Crippen molar-refractivity contribution < 1.29 is 9.53 Å². The molecule has 0 saturated carbocycles. The third-order valence-corrected chi connectivity index (χ3v) is 3.62. The van der Waals surface area contributed by atoms with Gasteiger partial charge in [-0.05, 0) is 30.5 Å². The lowest BCUT2D eigenvalue weighted by atomic mass is 10.2. The van der Waals surface area contributed by atoms with Crippen molar-refractivity contribution in [2.24, 2.45) is 0 Å². The maximum atomic E-state index is 12.0. The van der Waals surface area contributed by atoms with E-state index in [4.69, 9.17) is 4.74 Å². The van der Waals surface area contributed by atoms with E-state index in [1.807, 2.05) is 12.1 Å². The molecule has 0 radical (unpaired) electrons. The number of aromatic nitrogens is 3. The van der Waals surface area contributed by atoms with Crippen LogP contribution < -0.4 is 10.6 Å². The highest BCUT2D eigenvalue weighted by molar-refractivity contribution is 5.91. The van der Waals surface area contributed by atoms with E-state index < -0.39 is 0 Å². The summed E-state index contributed by atoms with van der Waals surface area (Å²) in [7, 11) is 0. The van der Waals surface area contributed by atoms with Crippen LogP contribution in [0.5, 0.6) is 0 Å². The lowest BCUT2D eigenvalue weighted by Gasteiger charge is -2.11. The molecule has 3 heterocycles. The van der Waals surface area contributed by atoms with Gasteiger partial charge in [0.15, 0.2) is 0 Å². The Kier molecular flexibility index (Phi) is 5.10. The first kappa shape index (κ1) is 15.4. The summed E-state index contributed by atoms with van der Waals surface area (Å²) in [6.45, 7) is 1.97. The molecule has 0 spiro atoms. The maximum Gasteiger partial charge on any atom is 0.271 e. The first-order chi connectivity index (χ1) is 11.3. The summed E-state index contributed by atoms with van der Waals surface area (Å²) in [5.41, 5.74) is 1.28. The quantitative estimate of drug-likeness (QED) is 0.838. The van der Waals surface area contributed by atoms with E-state index in [9.17, 15) is 4.79 Å². The summed E-state index contributed by atoms with van der Waals surface area (Å²) < 4.78 is 5.53. The van der Waals surface area contributed by atoms with Crippen LogP contribution >= 0.6 is 0 Å². The first-order valence-corrected chi connectivity index (χ1v) is 7.66. The van der Waals surface area contributed by atoms with E-state index in [1.54, 1.807) is 18.6 Å². The van der Waals surface area contributed by atoms with Crippen molar-refractivity contribution in [3.8, 4) is 0 Å². The van der Waals surface area contributed by atoms with E-state index in [0.29, 0.717) is 24.6 Å². The molecule has 1 atom stereocenters. The van der Waals surface area contributed by atoms with Crippen molar-refractivity contribution in [1.29, 1.82) is 0 Å². The number of anilines is 1. The van der Waals surface area contributed by atoms with Crippen molar-refractivity contribution >= 4 is 11.7 Å². The van der Waals surface area contributed by atoms with Crippen LogP contribution in [0, 0.1) is 0 Å². The number of ether oxygens (including phenoxy) is 1. The van der Waals surface area contributed by atoms with Gasteiger partial charge >= 0.3 is 0 Å². The molecule has 1 fully saturated rings. The van der Waals surface area contributed by atoms with E-state index in [1.165, 1.54) is 6.20 Å². The van der Waals surface area contributed by atoms with E-state index >= 15 is 0 Å². The van der Waals surface area contributed by atoms with Crippen LogP contribution in [0.15, 0.2) is 36.9 Å². The van der Waals surface area contributed by atoms with E-state index in [-0.39, 0.29) is 12.0 Å². The van der Waals surface area contributed by atoms with E-state index in [0.717, 1.165) is 25.0 Å². The van der Waals surface area contributed by atoms with Crippen LogP contribution in [-0.4, -0.2) is 40.1 Å². The maximum absolute atomic E-state index is 12.0. The molecule has 7 heteroatoms. The summed E-state index contributed by atoms with van der Waals surface area (Å²) >= 11 is 0. The summed E-state index contributed by atoms with van der Waals surface area (Å²) in [5.74, 6) is 0.395. The van der Waals surface area contributed by atoms with Gasteiger partial charge in [-0.2, -0.15) is 0 Å². The van der Waals surface area contributed by atoms with Crippen LogP contribution in [0.1, 0.15) is 28.9 Å². The third kappa shape index (κ3) is 4.46. The largest absolute Gasteiger partial charge is 0.376 e.